The molecule has 0 radical (unpaired) electrons. The van der Waals surface area contributed by atoms with Gasteiger partial charge in [-0.1, -0.05) is 30.3 Å². The lowest BCUT2D eigenvalue weighted by Crippen LogP contribution is -2.50. The first-order valence-corrected chi connectivity index (χ1v) is 13.1. The summed E-state index contributed by atoms with van der Waals surface area (Å²) in [5.74, 6) is 0.00435. The topological polar surface area (TPSA) is 182 Å². The van der Waals surface area contributed by atoms with Gasteiger partial charge in [0.1, 0.15) is 12.2 Å². The van der Waals surface area contributed by atoms with Crippen LogP contribution in [0.4, 0.5) is 5.82 Å². The Kier molecular flexibility index (Phi) is 6.29. The van der Waals surface area contributed by atoms with E-state index in [4.69, 9.17) is 21.9 Å². The Morgan fingerprint density at radius 2 is 1.73 bits per heavy atom. The van der Waals surface area contributed by atoms with Gasteiger partial charge in [0, 0.05) is 47.1 Å². The van der Waals surface area contributed by atoms with Crippen LogP contribution < -0.4 is 11.5 Å². The number of nitrogens with one attached hydrogen (secondary N) is 1. The lowest BCUT2D eigenvalue weighted by Gasteiger charge is -2.39. The molecule has 1 amide bonds. The molecule has 2 fully saturated rings. The summed E-state index contributed by atoms with van der Waals surface area (Å²) in [6, 6.07) is 9.56. The summed E-state index contributed by atoms with van der Waals surface area (Å²) >= 11 is 0. The summed E-state index contributed by atoms with van der Waals surface area (Å²) in [4.78, 5) is 45.3. The number of fused-ring (bicyclic) bond motifs is 3. The Labute approximate surface area is 229 Å². The molecule has 3 aromatic heterocycles. The second kappa shape index (κ2) is 9.95. The van der Waals surface area contributed by atoms with Crippen molar-refractivity contribution in [2.45, 2.75) is 50.6 Å². The molecule has 6 rings (SSSR count). The van der Waals surface area contributed by atoms with Crippen LogP contribution in [-0.2, 0) is 4.79 Å². The number of aromatic nitrogens is 5. The number of nitrogen functional groups attached to an aromatic ring is 1. The molecule has 2 unspecified atom stereocenters. The molecule has 2 saturated heterocycles. The molecule has 2 aliphatic rings. The molecule has 5 N–H and O–H groups in total. The number of nitrogens with zero attached hydrogens (tertiary/aromatic N) is 7. The molecule has 12 heteroatoms. The number of nitrogens with two attached hydrogens (primary N) is 2. The zero-order chi connectivity index (χ0) is 28.0. The van der Waals surface area contributed by atoms with E-state index in [1.165, 1.54) is 11.4 Å². The van der Waals surface area contributed by atoms with Crippen molar-refractivity contribution in [2.75, 3.05) is 5.73 Å². The van der Waals surface area contributed by atoms with Crippen molar-refractivity contribution in [3.05, 3.63) is 60.2 Å². The third-order valence-corrected chi connectivity index (χ3v) is 7.83. The van der Waals surface area contributed by atoms with Gasteiger partial charge in [0.2, 0.25) is 0 Å². The molecule has 2 atom stereocenters. The van der Waals surface area contributed by atoms with Crippen molar-refractivity contribution >= 4 is 35.3 Å². The van der Waals surface area contributed by atoms with Crippen molar-refractivity contribution < 1.29 is 9.59 Å². The van der Waals surface area contributed by atoms with Crippen LogP contribution >= 0.6 is 0 Å². The molecule has 2 bridgehead atoms. The van der Waals surface area contributed by atoms with Gasteiger partial charge < -0.3 is 16.4 Å². The third kappa shape index (κ3) is 4.17. The smallest absolute Gasteiger partial charge is 0.289 e. The highest BCUT2D eigenvalue weighted by atomic mass is 16.2. The molecule has 4 aromatic rings. The number of hydrogen-bond acceptors (Lipinski definition) is 8. The van der Waals surface area contributed by atoms with Crippen LogP contribution in [0.3, 0.4) is 0 Å². The number of Topliss-reactive ketones (excluding diaryl/α,β-unsaturated/α-hetero) is 1. The maximum Gasteiger partial charge on any atom is 0.289 e. The van der Waals surface area contributed by atoms with E-state index < -0.39 is 0 Å². The van der Waals surface area contributed by atoms with Gasteiger partial charge in [-0.15, -0.1) is 0 Å². The number of anilines is 1. The average Bonchev–Trinajstić information content (AvgIpc) is 3.51. The summed E-state index contributed by atoms with van der Waals surface area (Å²) in [6.07, 6.45) is 8.75. The van der Waals surface area contributed by atoms with E-state index >= 15 is 0 Å². The molecule has 1 aromatic carbocycles. The maximum atomic E-state index is 12.9. The van der Waals surface area contributed by atoms with Crippen LogP contribution in [-0.4, -0.2) is 65.4 Å². The van der Waals surface area contributed by atoms with Gasteiger partial charge in [-0.3, -0.25) is 15.0 Å². The molecular weight excluding hydrogens is 508 g/mol. The van der Waals surface area contributed by atoms with Crippen LogP contribution in [0.2, 0.25) is 0 Å². The van der Waals surface area contributed by atoms with Crippen molar-refractivity contribution in [1.82, 2.24) is 29.5 Å². The van der Waals surface area contributed by atoms with Gasteiger partial charge in [0.05, 0.1) is 17.5 Å². The molecule has 0 aliphatic carbocycles. The van der Waals surface area contributed by atoms with E-state index in [9.17, 15) is 9.59 Å². The first-order chi connectivity index (χ1) is 19.4. The number of hydrogen-bond donors (Lipinski definition) is 3. The van der Waals surface area contributed by atoms with E-state index in [1.807, 2.05) is 30.3 Å². The van der Waals surface area contributed by atoms with Crippen LogP contribution in [0.5, 0.6) is 0 Å². The van der Waals surface area contributed by atoms with E-state index in [0.717, 1.165) is 30.3 Å². The number of benzene rings is 1. The number of rotatable bonds is 5. The minimum atomic E-state index is -0.360. The van der Waals surface area contributed by atoms with Crippen molar-refractivity contribution in [3.8, 4) is 22.5 Å². The van der Waals surface area contributed by atoms with Crippen molar-refractivity contribution in [3.63, 3.8) is 0 Å². The number of amidine groups is 1. The fourth-order valence-corrected chi connectivity index (χ4v) is 6.09. The fourth-order valence-electron chi connectivity index (χ4n) is 6.09. The summed E-state index contributed by atoms with van der Waals surface area (Å²) in [5, 5.41) is 11.6. The summed E-state index contributed by atoms with van der Waals surface area (Å²) in [7, 11) is 0. The molecule has 2 aliphatic heterocycles. The quantitative estimate of drug-likeness (QED) is 0.198. The molecule has 12 nitrogen and oxygen atoms in total. The van der Waals surface area contributed by atoms with E-state index in [2.05, 4.69) is 20.1 Å². The van der Waals surface area contributed by atoms with Gasteiger partial charge in [0.15, 0.2) is 23.1 Å². The summed E-state index contributed by atoms with van der Waals surface area (Å²) in [5.41, 5.74) is 16.2. The average molecular weight is 537 g/mol. The number of aliphatic imine (C=N–C) groups is 1. The van der Waals surface area contributed by atoms with Crippen molar-refractivity contribution in [1.29, 1.82) is 5.41 Å². The number of piperidine rings is 1. The first kappa shape index (κ1) is 25.3. The highest BCUT2D eigenvalue weighted by Crippen LogP contribution is 2.44. The van der Waals surface area contributed by atoms with Crippen LogP contribution in [0, 0.1) is 5.41 Å². The molecule has 0 saturated carbocycles. The van der Waals surface area contributed by atoms with E-state index in [0.29, 0.717) is 41.1 Å². The monoisotopic (exact) mass is 536 g/mol. The van der Waals surface area contributed by atoms with E-state index in [1.54, 1.807) is 23.5 Å². The summed E-state index contributed by atoms with van der Waals surface area (Å²) < 4.78 is 1.49. The zero-order valence-electron chi connectivity index (χ0n) is 21.9. The number of carbonyl (C=O) groups is 2. The molecular formula is C28H28N10O2. The Morgan fingerprint density at radius 1 is 1.05 bits per heavy atom. The first-order valence-electron chi connectivity index (χ1n) is 13.1. The maximum absolute atomic E-state index is 12.9. The van der Waals surface area contributed by atoms with Crippen LogP contribution in [0.15, 0.2) is 53.9 Å². The molecule has 0 spiro atoms. The number of amides is 1. The highest BCUT2D eigenvalue weighted by molar-refractivity contribution is 6.38. The van der Waals surface area contributed by atoms with Crippen molar-refractivity contribution in [2.24, 2.45) is 10.7 Å². The molecule has 40 heavy (non-hydrogen) atoms. The lowest BCUT2D eigenvalue weighted by molar-refractivity contribution is -0.128. The Morgan fingerprint density at radius 3 is 2.35 bits per heavy atom. The van der Waals surface area contributed by atoms with Crippen LogP contribution in [0.1, 0.15) is 54.6 Å². The van der Waals surface area contributed by atoms with Gasteiger partial charge in [-0.05, 0) is 32.6 Å². The largest absolute Gasteiger partial charge is 0.383 e. The SMILES string of the molecule is CC(=O)c1c(C2CC3CCC(C2)N3C(=O)C(N)=NC=N)nc2c(-c3cnc(-c4ccccc4)nc3)cnn2c1N. The zero-order valence-corrected chi connectivity index (χ0v) is 21.9. The summed E-state index contributed by atoms with van der Waals surface area (Å²) in [6.45, 7) is 1.48. The van der Waals surface area contributed by atoms with Gasteiger partial charge in [-0.2, -0.15) is 9.61 Å². The minimum absolute atomic E-state index is 0.0712. The highest BCUT2D eigenvalue weighted by Gasteiger charge is 2.45. The Balaban J connectivity index is 1.38. The number of ketones is 1. The van der Waals surface area contributed by atoms with Gasteiger partial charge in [-0.25, -0.2) is 19.9 Å². The predicted octanol–water partition coefficient (Wildman–Crippen LogP) is 2.84. The third-order valence-electron chi connectivity index (χ3n) is 7.83. The second-order valence-electron chi connectivity index (χ2n) is 10.2. The molecule has 5 heterocycles. The Bertz CT molecular complexity index is 1650. The minimum Gasteiger partial charge on any atom is -0.383 e. The number of carbonyl (C=O) groups excluding carboxylic acids is 2. The normalized spacial score (nSPS) is 20.6. The standard InChI is InChI=1S/C28H28N10O2/c1-15(39)22-23(17-9-19-7-8-20(10-17)37(19)28(40)24(30)34-14-29)36-27-21(13-35-38(27)25(22)31)18-11-32-26(33-12-18)16-5-3-2-4-6-16/h2-6,11-14,17,19-20H,7-10,31H2,1H3,(H3,29,30,34). The molecule has 202 valence electrons. The van der Waals surface area contributed by atoms with Gasteiger partial charge >= 0.3 is 0 Å². The predicted molar refractivity (Wildman–Crippen MR) is 150 cm³/mol. The fraction of sp³-hybridized carbons (Fsp3) is 0.286. The van der Waals surface area contributed by atoms with Gasteiger partial charge in [0.25, 0.3) is 5.91 Å². The Hall–Kier alpha value is -5.00. The van der Waals surface area contributed by atoms with Crippen LogP contribution in [0.25, 0.3) is 28.2 Å². The lowest BCUT2D eigenvalue weighted by atomic mass is 9.85. The van der Waals surface area contributed by atoms with E-state index in [-0.39, 0.29) is 41.3 Å². The second-order valence-corrected chi connectivity index (χ2v) is 10.2.